The second kappa shape index (κ2) is 6.37. The largest absolute Gasteiger partial charge is 0.356 e. The minimum atomic E-state index is -1.32. The molecule has 1 amide bonds. The van der Waals surface area contributed by atoms with Crippen LogP contribution in [0.15, 0.2) is 29.2 Å². The Kier molecular flexibility index (Phi) is 5.11. The van der Waals surface area contributed by atoms with Gasteiger partial charge in [-0.3, -0.25) is 9.00 Å². The minimum Gasteiger partial charge on any atom is -0.356 e. The van der Waals surface area contributed by atoms with Crippen LogP contribution in [0.4, 0.5) is 4.39 Å². The van der Waals surface area contributed by atoms with E-state index in [1.54, 1.807) is 6.07 Å². The Labute approximate surface area is 96.5 Å². The first-order valence-corrected chi connectivity index (χ1v) is 6.36. The summed E-state index contributed by atoms with van der Waals surface area (Å²) in [5.74, 6) is -0.328. The van der Waals surface area contributed by atoms with Gasteiger partial charge in [-0.1, -0.05) is 6.07 Å². The molecule has 1 unspecified atom stereocenters. The highest BCUT2D eigenvalue weighted by atomic mass is 32.2. The van der Waals surface area contributed by atoms with Crippen molar-refractivity contribution < 1.29 is 13.4 Å². The van der Waals surface area contributed by atoms with Crippen molar-refractivity contribution in [1.29, 1.82) is 0 Å². The summed E-state index contributed by atoms with van der Waals surface area (Å²) < 4.78 is 24.5. The fraction of sp³-hybridized carbons (Fsp3) is 0.364. The van der Waals surface area contributed by atoms with Crippen molar-refractivity contribution in [1.82, 2.24) is 5.32 Å². The highest BCUT2D eigenvalue weighted by molar-refractivity contribution is 7.85. The van der Waals surface area contributed by atoms with Crippen LogP contribution in [-0.4, -0.2) is 22.4 Å². The molecule has 0 aliphatic heterocycles. The standard InChI is InChI=1S/C11H14FNO2S/c1-2-13-11(14)6-7-16(15)10-5-3-4-9(12)8-10/h3-5,8H,2,6-7H2,1H3,(H,13,14). The first-order valence-electron chi connectivity index (χ1n) is 5.04. The van der Waals surface area contributed by atoms with Crippen LogP contribution in [0.1, 0.15) is 13.3 Å². The van der Waals surface area contributed by atoms with Crippen LogP contribution in [0.2, 0.25) is 0 Å². The quantitative estimate of drug-likeness (QED) is 0.851. The maximum Gasteiger partial charge on any atom is 0.220 e. The number of carbonyl (C=O) groups is 1. The summed E-state index contributed by atoms with van der Waals surface area (Å²) in [6.45, 7) is 2.38. The molecule has 1 aromatic carbocycles. The molecular formula is C11H14FNO2S. The number of hydrogen-bond donors (Lipinski definition) is 1. The Morgan fingerprint density at radius 1 is 1.50 bits per heavy atom. The Bertz CT molecular complexity index is 395. The summed E-state index contributed by atoms with van der Waals surface area (Å²) in [6.07, 6.45) is 0.191. The highest BCUT2D eigenvalue weighted by Crippen LogP contribution is 2.09. The summed E-state index contributed by atoms with van der Waals surface area (Å²) in [6, 6.07) is 5.63. The summed E-state index contributed by atoms with van der Waals surface area (Å²) in [7, 11) is -1.32. The Hall–Kier alpha value is -1.23. The molecule has 0 aliphatic carbocycles. The fourth-order valence-corrected chi connectivity index (χ4v) is 2.28. The summed E-state index contributed by atoms with van der Waals surface area (Å²) in [5.41, 5.74) is 0. The Balaban J connectivity index is 2.50. The highest BCUT2D eigenvalue weighted by Gasteiger charge is 2.07. The average Bonchev–Trinajstić information content (AvgIpc) is 2.26. The van der Waals surface area contributed by atoms with Crippen molar-refractivity contribution in [2.24, 2.45) is 0 Å². The summed E-state index contributed by atoms with van der Waals surface area (Å²) >= 11 is 0. The van der Waals surface area contributed by atoms with Crippen LogP contribution in [0.25, 0.3) is 0 Å². The van der Waals surface area contributed by atoms with E-state index in [0.717, 1.165) is 0 Å². The lowest BCUT2D eigenvalue weighted by atomic mass is 10.4. The van der Waals surface area contributed by atoms with Crippen LogP contribution in [0.3, 0.4) is 0 Å². The molecule has 16 heavy (non-hydrogen) atoms. The van der Waals surface area contributed by atoms with E-state index < -0.39 is 16.6 Å². The van der Waals surface area contributed by atoms with Gasteiger partial charge in [-0.15, -0.1) is 0 Å². The number of halogens is 1. The van der Waals surface area contributed by atoms with Gasteiger partial charge in [0.25, 0.3) is 0 Å². The molecule has 1 aromatic rings. The van der Waals surface area contributed by atoms with Crippen LogP contribution < -0.4 is 5.32 Å². The van der Waals surface area contributed by atoms with Gasteiger partial charge >= 0.3 is 0 Å². The van der Waals surface area contributed by atoms with Crippen molar-refractivity contribution >= 4 is 16.7 Å². The van der Waals surface area contributed by atoms with Crippen molar-refractivity contribution in [2.45, 2.75) is 18.2 Å². The van der Waals surface area contributed by atoms with Gasteiger partial charge in [0.1, 0.15) is 5.82 Å². The number of carbonyl (C=O) groups excluding carboxylic acids is 1. The van der Waals surface area contributed by atoms with Crippen LogP contribution in [-0.2, 0) is 15.6 Å². The monoisotopic (exact) mass is 243 g/mol. The SMILES string of the molecule is CCNC(=O)CCS(=O)c1cccc(F)c1. The lowest BCUT2D eigenvalue weighted by Crippen LogP contribution is -2.24. The lowest BCUT2D eigenvalue weighted by Gasteiger charge is -2.03. The molecule has 0 aliphatic rings. The molecule has 3 nitrogen and oxygen atoms in total. The molecule has 0 fully saturated rings. The fourth-order valence-electron chi connectivity index (χ4n) is 1.20. The number of benzene rings is 1. The number of hydrogen-bond acceptors (Lipinski definition) is 2. The van der Waals surface area contributed by atoms with E-state index in [9.17, 15) is 13.4 Å². The van der Waals surface area contributed by atoms with Crippen LogP contribution in [0.5, 0.6) is 0 Å². The van der Waals surface area contributed by atoms with Gasteiger partial charge in [-0.2, -0.15) is 0 Å². The van der Waals surface area contributed by atoms with Gasteiger partial charge in [-0.05, 0) is 25.1 Å². The summed E-state index contributed by atoms with van der Waals surface area (Å²) in [4.78, 5) is 11.5. The number of rotatable bonds is 5. The zero-order valence-corrected chi connectivity index (χ0v) is 9.85. The molecule has 0 saturated carbocycles. The lowest BCUT2D eigenvalue weighted by molar-refractivity contribution is -0.120. The molecule has 0 saturated heterocycles. The van der Waals surface area contributed by atoms with E-state index in [1.807, 2.05) is 6.92 Å². The maximum atomic E-state index is 12.8. The van der Waals surface area contributed by atoms with Crippen molar-refractivity contribution in [2.75, 3.05) is 12.3 Å². The molecular weight excluding hydrogens is 229 g/mol. The molecule has 1 atom stereocenters. The normalized spacial score (nSPS) is 12.1. The number of amides is 1. The smallest absolute Gasteiger partial charge is 0.220 e. The zero-order chi connectivity index (χ0) is 12.0. The van der Waals surface area contributed by atoms with E-state index in [2.05, 4.69) is 5.32 Å². The van der Waals surface area contributed by atoms with E-state index in [0.29, 0.717) is 11.4 Å². The van der Waals surface area contributed by atoms with Gasteiger partial charge in [0, 0.05) is 23.6 Å². The second-order valence-corrected chi connectivity index (χ2v) is 4.78. The van der Waals surface area contributed by atoms with Gasteiger partial charge in [0.15, 0.2) is 0 Å². The van der Waals surface area contributed by atoms with Crippen molar-refractivity contribution in [3.8, 4) is 0 Å². The molecule has 0 radical (unpaired) electrons. The van der Waals surface area contributed by atoms with E-state index in [-0.39, 0.29) is 18.1 Å². The molecule has 1 N–H and O–H groups in total. The van der Waals surface area contributed by atoms with Crippen molar-refractivity contribution in [3.05, 3.63) is 30.1 Å². The molecule has 0 heterocycles. The topological polar surface area (TPSA) is 46.2 Å². The Morgan fingerprint density at radius 2 is 2.25 bits per heavy atom. The van der Waals surface area contributed by atoms with Crippen LogP contribution >= 0.6 is 0 Å². The van der Waals surface area contributed by atoms with E-state index in [4.69, 9.17) is 0 Å². The zero-order valence-electron chi connectivity index (χ0n) is 9.03. The predicted molar refractivity (Wildman–Crippen MR) is 61.0 cm³/mol. The first kappa shape index (κ1) is 12.8. The van der Waals surface area contributed by atoms with E-state index >= 15 is 0 Å². The van der Waals surface area contributed by atoms with E-state index in [1.165, 1.54) is 18.2 Å². The molecule has 0 aromatic heterocycles. The Morgan fingerprint density at radius 3 is 2.88 bits per heavy atom. The molecule has 1 rings (SSSR count). The van der Waals surface area contributed by atoms with Gasteiger partial charge in [0.05, 0.1) is 10.8 Å². The molecule has 0 bridgehead atoms. The molecule has 5 heteroatoms. The first-order chi connectivity index (χ1) is 7.63. The number of nitrogens with one attached hydrogen (secondary N) is 1. The van der Waals surface area contributed by atoms with Crippen molar-refractivity contribution in [3.63, 3.8) is 0 Å². The van der Waals surface area contributed by atoms with Gasteiger partial charge in [0.2, 0.25) is 5.91 Å². The third-order valence-electron chi connectivity index (χ3n) is 1.95. The van der Waals surface area contributed by atoms with Crippen LogP contribution in [0, 0.1) is 5.82 Å². The van der Waals surface area contributed by atoms with Gasteiger partial charge in [-0.25, -0.2) is 4.39 Å². The average molecular weight is 243 g/mol. The maximum absolute atomic E-state index is 12.8. The molecule has 88 valence electrons. The molecule has 0 spiro atoms. The second-order valence-electron chi connectivity index (χ2n) is 3.21. The van der Waals surface area contributed by atoms with Gasteiger partial charge < -0.3 is 5.32 Å². The third-order valence-corrected chi connectivity index (χ3v) is 3.30. The summed E-state index contributed by atoms with van der Waals surface area (Å²) in [5, 5.41) is 2.62. The predicted octanol–water partition coefficient (Wildman–Crippen LogP) is 1.46. The third kappa shape index (κ3) is 4.10. The minimum absolute atomic E-state index is 0.132.